The van der Waals surface area contributed by atoms with Gasteiger partial charge in [-0.15, -0.1) is 11.3 Å². The number of benzene rings is 2. The zero-order chi connectivity index (χ0) is 20.7. The summed E-state index contributed by atoms with van der Waals surface area (Å²) in [6.07, 6.45) is 2.08. The molecule has 2 amide bonds. The minimum Gasteiger partial charge on any atom is -0.341 e. The number of carbonyl (C=O) groups is 2. The topological polar surface area (TPSA) is 76.0 Å². The number of carbonyl (C=O) groups excluding carboxylic acids is 2. The fourth-order valence-electron chi connectivity index (χ4n) is 3.84. The van der Waals surface area contributed by atoms with Gasteiger partial charge in [-0.1, -0.05) is 18.2 Å². The molecule has 5 rings (SSSR count). The van der Waals surface area contributed by atoms with Gasteiger partial charge in [0.1, 0.15) is 0 Å². The Morgan fingerprint density at radius 2 is 1.90 bits per heavy atom. The first-order valence-corrected chi connectivity index (χ1v) is 11.1. The van der Waals surface area contributed by atoms with Crippen molar-refractivity contribution in [1.82, 2.24) is 9.55 Å². The molecule has 152 valence electrons. The van der Waals surface area contributed by atoms with E-state index in [0.29, 0.717) is 10.8 Å². The number of fused-ring (bicyclic) bond motifs is 3. The number of aromatic nitrogens is 2. The first kappa shape index (κ1) is 18.8. The molecule has 1 aliphatic rings. The van der Waals surface area contributed by atoms with Crippen molar-refractivity contribution < 1.29 is 9.59 Å². The monoisotopic (exact) mass is 418 g/mol. The molecule has 1 saturated carbocycles. The summed E-state index contributed by atoms with van der Waals surface area (Å²) in [6.45, 7) is 3.02. The van der Waals surface area contributed by atoms with Crippen molar-refractivity contribution in [2.75, 3.05) is 10.6 Å². The first-order valence-electron chi connectivity index (χ1n) is 10.2. The van der Waals surface area contributed by atoms with Gasteiger partial charge in [-0.25, -0.2) is 4.98 Å². The molecular formula is C23H22N4O2S. The van der Waals surface area contributed by atoms with Crippen LogP contribution in [0.3, 0.4) is 0 Å². The second kappa shape index (κ2) is 7.57. The Labute approximate surface area is 177 Å². The number of thiazole rings is 1. The molecule has 30 heavy (non-hydrogen) atoms. The lowest BCUT2D eigenvalue weighted by Crippen LogP contribution is -2.15. The highest BCUT2D eigenvalue weighted by molar-refractivity contribution is 7.13. The molecule has 0 spiro atoms. The maximum absolute atomic E-state index is 12.6. The first-order chi connectivity index (χ1) is 14.6. The van der Waals surface area contributed by atoms with Crippen LogP contribution < -0.4 is 10.6 Å². The normalized spacial score (nSPS) is 13.6. The van der Waals surface area contributed by atoms with Crippen LogP contribution in [0.15, 0.2) is 47.8 Å². The smallest absolute Gasteiger partial charge is 0.230 e. The summed E-state index contributed by atoms with van der Waals surface area (Å²) in [6, 6.07) is 14.3. The molecule has 2 aromatic heterocycles. The molecule has 1 fully saturated rings. The molecule has 0 atom stereocenters. The quantitative estimate of drug-likeness (QED) is 0.472. The van der Waals surface area contributed by atoms with Crippen LogP contribution in [0.4, 0.5) is 10.8 Å². The number of rotatable bonds is 6. The molecule has 2 heterocycles. The average molecular weight is 419 g/mol. The van der Waals surface area contributed by atoms with Crippen LogP contribution in [0.5, 0.6) is 0 Å². The van der Waals surface area contributed by atoms with E-state index in [2.05, 4.69) is 45.3 Å². The van der Waals surface area contributed by atoms with Crippen LogP contribution in [-0.4, -0.2) is 21.4 Å². The summed E-state index contributed by atoms with van der Waals surface area (Å²) < 4.78 is 2.28. The molecule has 1 aliphatic carbocycles. The standard InChI is InChI=1S/C23H22N4O2S/c1-2-27-19-6-4-3-5-17(19)18-11-15(9-10-20(18)27)24-21(28)12-16-13-30-23(25-16)26-22(29)14-7-8-14/h3-6,9-11,13-14H,2,7-8,12H2,1H3,(H,24,28)(H,25,26,29). The summed E-state index contributed by atoms with van der Waals surface area (Å²) in [5.41, 5.74) is 3.78. The second-order valence-electron chi connectivity index (χ2n) is 7.63. The molecule has 7 heteroatoms. The summed E-state index contributed by atoms with van der Waals surface area (Å²) in [5.74, 6) is 0.0352. The van der Waals surface area contributed by atoms with E-state index >= 15 is 0 Å². The molecule has 0 aliphatic heterocycles. The molecule has 2 aromatic carbocycles. The number of nitrogens with one attached hydrogen (secondary N) is 2. The number of hydrogen-bond donors (Lipinski definition) is 2. The molecule has 0 unspecified atom stereocenters. The fraction of sp³-hybridized carbons (Fsp3) is 0.261. The minimum absolute atomic E-state index is 0.0277. The predicted molar refractivity (Wildman–Crippen MR) is 121 cm³/mol. The fourth-order valence-corrected chi connectivity index (χ4v) is 4.55. The van der Waals surface area contributed by atoms with Crippen molar-refractivity contribution in [3.8, 4) is 0 Å². The van der Waals surface area contributed by atoms with Crippen LogP contribution in [0, 0.1) is 5.92 Å². The summed E-state index contributed by atoms with van der Waals surface area (Å²) in [4.78, 5) is 28.8. The lowest BCUT2D eigenvalue weighted by atomic mass is 10.1. The van der Waals surface area contributed by atoms with Crippen LogP contribution >= 0.6 is 11.3 Å². The van der Waals surface area contributed by atoms with Crippen LogP contribution in [0.1, 0.15) is 25.5 Å². The van der Waals surface area contributed by atoms with E-state index in [1.165, 1.54) is 22.2 Å². The molecule has 4 aromatic rings. The van der Waals surface area contributed by atoms with Crippen molar-refractivity contribution in [2.45, 2.75) is 32.7 Å². The Hall–Kier alpha value is -3.19. The van der Waals surface area contributed by atoms with Crippen molar-refractivity contribution in [2.24, 2.45) is 5.92 Å². The molecule has 0 saturated heterocycles. The Balaban J connectivity index is 1.32. The van der Waals surface area contributed by atoms with E-state index in [1.807, 2.05) is 29.6 Å². The third-order valence-electron chi connectivity index (χ3n) is 5.44. The Kier molecular flexibility index (Phi) is 4.75. The minimum atomic E-state index is -0.126. The van der Waals surface area contributed by atoms with Gasteiger partial charge in [0.15, 0.2) is 5.13 Å². The van der Waals surface area contributed by atoms with Gasteiger partial charge < -0.3 is 15.2 Å². The molecule has 2 N–H and O–H groups in total. The number of para-hydroxylation sites is 1. The highest BCUT2D eigenvalue weighted by Gasteiger charge is 2.30. The van der Waals surface area contributed by atoms with Gasteiger partial charge in [-0.3, -0.25) is 9.59 Å². The number of anilines is 2. The van der Waals surface area contributed by atoms with Crippen LogP contribution in [0.2, 0.25) is 0 Å². The summed E-state index contributed by atoms with van der Waals surface area (Å²) in [7, 11) is 0. The van der Waals surface area contributed by atoms with Crippen molar-refractivity contribution in [3.05, 3.63) is 53.5 Å². The maximum atomic E-state index is 12.6. The number of hydrogen-bond acceptors (Lipinski definition) is 4. The third kappa shape index (κ3) is 3.57. The third-order valence-corrected chi connectivity index (χ3v) is 6.25. The zero-order valence-electron chi connectivity index (χ0n) is 16.6. The number of nitrogens with zero attached hydrogens (tertiary/aromatic N) is 2. The predicted octanol–water partition coefficient (Wildman–Crippen LogP) is 4.80. The van der Waals surface area contributed by atoms with Gasteiger partial charge in [0.2, 0.25) is 11.8 Å². The van der Waals surface area contributed by atoms with Crippen molar-refractivity contribution in [3.63, 3.8) is 0 Å². The highest BCUT2D eigenvalue weighted by Crippen LogP contribution is 2.32. The number of aryl methyl sites for hydroxylation is 1. The number of amides is 2. The zero-order valence-corrected chi connectivity index (χ0v) is 17.5. The van der Waals surface area contributed by atoms with Gasteiger partial charge in [0.25, 0.3) is 0 Å². The largest absolute Gasteiger partial charge is 0.341 e. The SMILES string of the molecule is CCn1c2ccccc2c2cc(NC(=O)Cc3csc(NC(=O)C4CC4)n3)ccc21. The second-order valence-corrected chi connectivity index (χ2v) is 8.48. The summed E-state index contributed by atoms with van der Waals surface area (Å²) >= 11 is 1.35. The van der Waals surface area contributed by atoms with Crippen molar-refractivity contribution in [1.29, 1.82) is 0 Å². The van der Waals surface area contributed by atoms with E-state index in [4.69, 9.17) is 0 Å². The van der Waals surface area contributed by atoms with Gasteiger partial charge in [-0.05, 0) is 44.0 Å². The van der Waals surface area contributed by atoms with Crippen molar-refractivity contribution >= 4 is 55.8 Å². The van der Waals surface area contributed by atoms with Crippen LogP contribution in [0.25, 0.3) is 21.8 Å². The molecule has 6 nitrogen and oxygen atoms in total. The highest BCUT2D eigenvalue weighted by atomic mass is 32.1. The summed E-state index contributed by atoms with van der Waals surface area (Å²) in [5, 5.41) is 10.5. The Morgan fingerprint density at radius 1 is 1.10 bits per heavy atom. The molecule has 0 bridgehead atoms. The van der Waals surface area contributed by atoms with E-state index in [0.717, 1.165) is 36.0 Å². The van der Waals surface area contributed by atoms with E-state index < -0.39 is 0 Å². The Morgan fingerprint density at radius 3 is 2.70 bits per heavy atom. The van der Waals surface area contributed by atoms with E-state index in [1.54, 1.807) is 0 Å². The van der Waals surface area contributed by atoms with Gasteiger partial charge in [-0.2, -0.15) is 0 Å². The lowest BCUT2D eigenvalue weighted by molar-refractivity contribution is -0.117. The average Bonchev–Trinajstić information content (AvgIpc) is 3.44. The maximum Gasteiger partial charge on any atom is 0.230 e. The molecule has 0 radical (unpaired) electrons. The molecular weight excluding hydrogens is 396 g/mol. The van der Waals surface area contributed by atoms with E-state index in [9.17, 15) is 9.59 Å². The van der Waals surface area contributed by atoms with Crippen LogP contribution in [-0.2, 0) is 22.6 Å². The van der Waals surface area contributed by atoms with E-state index in [-0.39, 0.29) is 24.2 Å². The van der Waals surface area contributed by atoms with Gasteiger partial charge in [0.05, 0.1) is 12.1 Å². The van der Waals surface area contributed by atoms with Gasteiger partial charge >= 0.3 is 0 Å². The van der Waals surface area contributed by atoms with Gasteiger partial charge in [0, 0.05) is 45.3 Å². The Bertz CT molecular complexity index is 1270. The lowest BCUT2D eigenvalue weighted by Gasteiger charge is -2.06.